The molecule has 18 heavy (non-hydrogen) atoms. The van der Waals surface area contributed by atoms with Crippen LogP contribution in [0.1, 0.15) is 18.5 Å². The molecule has 1 N–H and O–H groups in total. The molecule has 4 nitrogen and oxygen atoms in total. The summed E-state index contributed by atoms with van der Waals surface area (Å²) in [5.41, 5.74) is 2.16. The van der Waals surface area contributed by atoms with E-state index < -0.39 is 0 Å². The largest absolute Gasteiger partial charge is 0.454 e. The van der Waals surface area contributed by atoms with Gasteiger partial charge in [-0.25, -0.2) is 0 Å². The van der Waals surface area contributed by atoms with Gasteiger partial charge in [0.1, 0.15) is 0 Å². The Morgan fingerprint density at radius 2 is 2.11 bits per heavy atom. The predicted molar refractivity (Wildman–Crippen MR) is 68.8 cm³/mol. The van der Waals surface area contributed by atoms with Crippen LogP contribution in [-0.4, -0.2) is 11.8 Å². The fourth-order valence-corrected chi connectivity index (χ4v) is 1.96. The lowest BCUT2D eigenvalue weighted by Crippen LogP contribution is -2.06. The number of rotatable bonds is 3. The van der Waals surface area contributed by atoms with Crippen molar-refractivity contribution >= 4 is 5.69 Å². The van der Waals surface area contributed by atoms with Crippen LogP contribution in [0, 0.1) is 0 Å². The molecule has 1 atom stereocenters. The van der Waals surface area contributed by atoms with Crippen molar-refractivity contribution in [2.24, 2.45) is 0 Å². The first-order chi connectivity index (χ1) is 8.83. The Balaban J connectivity index is 1.78. The summed E-state index contributed by atoms with van der Waals surface area (Å²) in [5, 5.41) is 3.39. The molecule has 1 aromatic heterocycles. The number of nitrogens with zero attached hydrogens (tertiary/aromatic N) is 1. The maximum atomic E-state index is 5.38. The first-order valence-electron chi connectivity index (χ1n) is 5.89. The zero-order valence-electron chi connectivity index (χ0n) is 10.1. The van der Waals surface area contributed by atoms with E-state index >= 15 is 0 Å². The topological polar surface area (TPSA) is 43.4 Å². The minimum absolute atomic E-state index is 0.184. The number of nitrogens with one attached hydrogen (secondary N) is 1. The summed E-state index contributed by atoms with van der Waals surface area (Å²) < 4.78 is 10.7. The molecule has 0 saturated carbocycles. The maximum Gasteiger partial charge on any atom is 0.231 e. The van der Waals surface area contributed by atoms with Crippen LogP contribution in [0.5, 0.6) is 11.5 Å². The van der Waals surface area contributed by atoms with Crippen LogP contribution < -0.4 is 14.8 Å². The van der Waals surface area contributed by atoms with E-state index in [1.807, 2.05) is 36.5 Å². The van der Waals surface area contributed by atoms with Crippen LogP contribution >= 0.6 is 0 Å². The minimum atomic E-state index is 0.184. The summed E-state index contributed by atoms with van der Waals surface area (Å²) in [4.78, 5) is 4.08. The monoisotopic (exact) mass is 242 g/mol. The zero-order chi connectivity index (χ0) is 12.4. The lowest BCUT2D eigenvalue weighted by Gasteiger charge is -2.15. The van der Waals surface area contributed by atoms with E-state index in [9.17, 15) is 0 Å². The molecule has 4 heteroatoms. The number of aromatic nitrogens is 1. The van der Waals surface area contributed by atoms with Gasteiger partial charge in [0.15, 0.2) is 11.5 Å². The highest BCUT2D eigenvalue weighted by atomic mass is 16.7. The summed E-state index contributed by atoms with van der Waals surface area (Å²) in [6.45, 7) is 2.41. The Morgan fingerprint density at radius 1 is 1.22 bits per heavy atom. The van der Waals surface area contributed by atoms with Crippen molar-refractivity contribution in [1.82, 2.24) is 4.98 Å². The molecule has 0 spiro atoms. The average Bonchev–Trinajstić information content (AvgIpc) is 2.87. The van der Waals surface area contributed by atoms with Gasteiger partial charge >= 0.3 is 0 Å². The minimum Gasteiger partial charge on any atom is -0.454 e. The van der Waals surface area contributed by atoms with E-state index in [1.165, 1.54) is 0 Å². The van der Waals surface area contributed by atoms with Crippen molar-refractivity contribution in [3.63, 3.8) is 0 Å². The Bertz CT molecular complexity index is 543. The third-order valence-electron chi connectivity index (χ3n) is 2.94. The number of benzene rings is 1. The van der Waals surface area contributed by atoms with Crippen molar-refractivity contribution < 1.29 is 9.47 Å². The molecule has 1 unspecified atom stereocenters. The molecule has 0 fully saturated rings. The van der Waals surface area contributed by atoms with Crippen LogP contribution in [0.3, 0.4) is 0 Å². The Kier molecular flexibility index (Phi) is 2.76. The SMILES string of the molecule is CC(Nc1cccnc1)c1ccc2c(c1)OCO2. The third-order valence-corrected chi connectivity index (χ3v) is 2.94. The summed E-state index contributed by atoms with van der Waals surface area (Å²) in [6.07, 6.45) is 3.57. The lowest BCUT2D eigenvalue weighted by molar-refractivity contribution is 0.174. The normalized spacial score (nSPS) is 14.3. The Hall–Kier alpha value is -2.23. The molecule has 92 valence electrons. The van der Waals surface area contributed by atoms with Gasteiger partial charge in [0, 0.05) is 18.4 Å². The first kappa shape index (κ1) is 10.9. The van der Waals surface area contributed by atoms with Gasteiger partial charge in [0.25, 0.3) is 0 Å². The smallest absolute Gasteiger partial charge is 0.231 e. The second kappa shape index (κ2) is 4.56. The number of hydrogen-bond donors (Lipinski definition) is 1. The van der Waals surface area contributed by atoms with Crippen molar-refractivity contribution in [1.29, 1.82) is 0 Å². The molecule has 1 aliphatic heterocycles. The second-order valence-electron chi connectivity index (χ2n) is 4.22. The van der Waals surface area contributed by atoms with Gasteiger partial charge in [0.2, 0.25) is 6.79 Å². The standard InChI is InChI=1S/C14H14N2O2/c1-10(16-12-3-2-6-15-8-12)11-4-5-13-14(7-11)18-9-17-13/h2-8,10,16H,9H2,1H3. The molecule has 0 radical (unpaired) electrons. The number of ether oxygens (including phenoxy) is 2. The van der Waals surface area contributed by atoms with Crippen molar-refractivity contribution in [2.45, 2.75) is 13.0 Å². The molecular formula is C14H14N2O2. The van der Waals surface area contributed by atoms with Gasteiger partial charge < -0.3 is 14.8 Å². The van der Waals surface area contributed by atoms with Crippen LogP contribution in [0.4, 0.5) is 5.69 Å². The van der Waals surface area contributed by atoms with E-state index in [-0.39, 0.29) is 6.04 Å². The maximum absolute atomic E-state index is 5.38. The molecule has 0 bridgehead atoms. The van der Waals surface area contributed by atoms with E-state index in [4.69, 9.17) is 9.47 Å². The quantitative estimate of drug-likeness (QED) is 0.898. The molecule has 2 heterocycles. The first-order valence-corrected chi connectivity index (χ1v) is 5.89. The van der Waals surface area contributed by atoms with Crippen molar-refractivity contribution in [2.75, 3.05) is 12.1 Å². The number of pyridine rings is 1. The highest BCUT2D eigenvalue weighted by molar-refractivity contribution is 5.48. The molecule has 1 aromatic carbocycles. The molecule has 3 rings (SSSR count). The molecule has 0 aliphatic carbocycles. The summed E-state index contributed by atoms with van der Waals surface area (Å²) in [6, 6.07) is 10.1. The van der Waals surface area contributed by atoms with Crippen LogP contribution in [0.25, 0.3) is 0 Å². The molecule has 0 saturated heterocycles. The average molecular weight is 242 g/mol. The summed E-state index contributed by atoms with van der Waals surface area (Å²) in [7, 11) is 0. The van der Waals surface area contributed by atoms with Gasteiger partial charge in [-0.2, -0.15) is 0 Å². The molecule has 2 aromatic rings. The Labute approximate surface area is 106 Å². The fraction of sp³-hybridized carbons (Fsp3) is 0.214. The fourth-order valence-electron chi connectivity index (χ4n) is 1.96. The number of fused-ring (bicyclic) bond motifs is 1. The molecule has 0 amide bonds. The van der Waals surface area contributed by atoms with Gasteiger partial charge in [-0.05, 0) is 36.8 Å². The van der Waals surface area contributed by atoms with Gasteiger partial charge in [0.05, 0.1) is 5.69 Å². The van der Waals surface area contributed by atoms with Crippen LogP contribution in [0.2, 0.25) is 0 Å². The van der Waals surface area contributed by atoms with Gasteiger partial charge in [-0.1, -0.05) is 6.07 Å². The molecule has 1 aliphatic rings. The van der Waals surface area contributed by atoms with E-state index in [0.29, 0.717) is 6.79 Å². The summed E-state index contributed by atoms with van der Waals surface area (Å²) in [5.74, 6) is 1.62. The van der Waals surface area contributed by atoms with E-state index in [2.05, 4.69) is 17.2 Å². The number of hydrogen-bond acceptors (Lipinski definition) is 4. The highest BCUT2D eigenvalue weighted by Gasteiger charge is 2.15. The predicted octanol–water partition coefficient (Wildman–Crippen LogP) is 2.98. The van der Waals surface area contributed by atoms with Gasteiger partial charge in [-0.3, -0.25) is 4.98 Å². The van der Waals surface area contributed by atoms with Crippen LogP contribution in [-0.2, 0) is 0 Å². The van der Waals surface area contributed by atoms with Crippen molar-refractivity contribution in [3.8, 4) is 11.5 Å². The Morgan fingerprint density at radius 3 is 2.94 bits per heavy atom. The van der Waals surface area contributed by atoms with E-state index in [1.54, 1.807) is 6.20 Å². The third kappa shape index (κ3) is 2.09. The second-order valence-corrected chi connectivity index (χ2v) is 4.22. The number of anilines is 1. The van der Waals surface area contributed by atoms with Crippen LogP contribution in [0.15, 0.2) is 42.7 Å². The highest BCUT2D eigenvalue weighted by Crippen LogP contribution is 2.34. The summed E-state index contributed by atoms with van der Waals surface area (Å²) >= 11 is 0. The lowest BCUT2D eigenvalue weighted by atomic mass is 10.1. The van der Waals surface area contributed by atoms with Gasteiger partial charge in [-0.15, -0.1) is 0 Å². The van der Waals surface area contributed by atoms with E-state index in [0.717, 1.165) is 22.7 Å². The van der Waals surface area contributed by atoms with Crippen molar-refractivity contribution in [3.05, 3.63) is 48.3 Å². The zero-order valence-corrected chi connectivity index (χ0v) is 10.1. The molecular weight excluding hydrogens is 228 g/mol.